The van der Waals surface area contributed by atoms with E-state index >= 15 is 0 Å². The summed E-state index contributed by atoms with van der Waals surface area (Å²) >= 11 is 11.3. The van der Waals surface area contributed by atoms with Gasteiger partial charge >= 0.3 is 0 Å². The molecule has 0 spiro atoms. The van der Waals surface area contributed by atoms with Crippen LogP contribution in [0.4, 0.5) is 0 Å². The van der Waals surface area contributed by atoms with Crippen molar-refractivity contribution >= 4 is 40.6 Å². The topological polar surface area (TPSA) is 76.1 Å². The van der Waals surface area contributed by atoms with Crippen LogP contribution in [-0.2, 0) is 11.3 Å². The summed E-state index contributed by atoms with van der Waals surface area (Å²) in [5.41, 5.74) is 1.80. The molecule has 30 heavy (non-hydrogen) atoms. The number of halogens is 1. The number of hydrogen-bond acceptors (Lipinski definition) is 4. The number of aromatic amines is 1. The van der Waals surface area contributed by atoms with Crippen LogP contribution in [0.15, 0.2) is 47.3 Å². The summed E-state index contributed by atoms with van der Waals surface area (Å²) in [6.07, 6.45) is 1.42. The van der Waals surface area contributed by atoms with Crippen LogP contribution >= 0.6 is 23.8 Å². The monoisotopic (exact) mass is 445 g/mol. The molecule has 0 aliphatic heterocycles. The van der Waals surface area contributed by atoms with Gasteiger partial charge in [-0.05, 0) is 61.0 Å². The van der Waals surface area contributed by atoms with Crippen molar-refractivity contribution in [2.24, 2.45) is 0 Å². The molecule has 1 atom stereocenters. The summed E-state index contributed by atoms with van der Waals surface area (Å²) in [5.74, 6) is -0.220. The summed E-state index contributed by atoms with van der Waals surface area (Å²) in [5, 5.41) is 4.18. The number of fused-ring (bicyclic) bond motifs is 1. The summed E-state index contributed by atoms with van der Waals surface area (Å²) in [7, 11) is 1.62. The third kappa shape index (κ3) is 4.98. The van der Waals surface area contributed by atoms with E-state index in [0.29, 0.717) is 45.8 Å². The maximum Gasteiger partial charge on any atom is 0.262 e. The number of amides is 1. The largest absolute Gasteiger partial charge is 0.385 e. The molecule has 1 amide bonds. The highest BCUT2D eigenvalue weighted by atomic mass is 35.5. The third-order valence-electron chi connectivity index (χ3n) is 4.96. The van der Waals surface area contributed by atoms with Gasteiger partial charge in [0.1, 0.15) is 0 Å². The van der Waals surface area contributed by atoms with Crippen LogP contribution in [0.25, 0.3) is 10.9 Å². The van der Waals surface area contributed by atoms with E-state index in [9.17, 15) is 9.59 Å². The quantitative estimate of drug-likeness (QED) is 0.391. The molecule has 0 aliphatic rings. The summed E-state index contributed by atoms with van der Waals surface area (Å²) < 4.78 is 6.89. The molecule has 0 bridgehead atoms. The number of aromatic nitrogens is 2. The van der Waals surface area contributed by atoms with E-state index in [1.165, 1.54) is 4.57 Å². The van der Waals surface area contributed by atoms with Gasteiger partial charge < -0.3 is 15.0 Å². The van der Waals surface area contributed by atoms with Gasteiger partial charge in [0.25, 0.3) is 11.5 Å². The lowest BCUT2D eigenvalue weighted by molar-refractivity contribution is 0.0935. The molecule has 0 saturated carbocycles. The zero-order valence-electron chi connectivity index (χ0n) is 16.9. The number of hydrogen-bond donors (Lipinski definition) is 2. The fourth-order valence-corrected chi connectivity index (χ4v) is 3.73. The number of nitrogens with one attached hydrogen (secondary N) is 2. The van der Waals surface area contributed by atoms with Crippen molar-refractivity contribution in [3.63, 3.8) is 0 Å². The van der Waals surface area contributed by atoms with Crippen molar-refractivity contribution in [1.29, 1.82) is 0 Å². The fourth-order valence-electron chi connectivity index (χ4n) is 3.32. The zero-order chi connectivity index (χ0) is 21.7. The highest BCUT2D eigenvalue weighted by Crippen LogP contribution is 2.20. The van der Waals surface area contributed by atoms with Gasteiger partial charge in [0.05, 0.1) is 16.9 Å². The Morgan fingerprint density at radius 1 is 1.27 bits per heavy atom. The number of ether oxygens (including phenoxy) is 1. The Kier molecular flexibility index (Phi) is 7.42. The third-order valence-corrected chi connectivity index (χ3v) is 5.53. The number of benzene rings is 2. The Hall–Kier alpha value is -2.48. The first-order valence-corrected chi connectivity index (χ1v) is 10.6. The van der Waals surface area contributed by atoms with Crippen molar-refractivity contribution < 1.29 is 9.53 Å². The molecule has 3 aromatic rings. The second kappa shape index (κ2) is 10.0. The molecule has 1 unspecified atom stereocenters. The highest BCUT2D eigenvalue weighted by Gasteiger charge is 2.15. The van der Waals surface area contributed by atoms with Gasteiger partial charge in [-0.1, -0.05) is 30.7 Å². The van der Waals surface area contributed by atoms with Crippen LogP contribution in [0, 0.1) is 4.77 Å². The lowest BCUT2D eigenvalue weighted by Crippen LogP contribution is -2.28. The van der Waals surface area contributed by atoms with Gasteiger partial charge in [-0.3, -0.25) is 14.2 Å². The van der Waals surface area contributed by atoms with Gasteiger partial charge in [0.15, 0.2) is 4.77 Å². The van der Waals surface area contributed by atoms with Gasteiger partial charge in [0.2, 0.25) is 0 Å². The highest BCUT2D eigenvalue weighted by molar-refractivity contribution is 7.71. The number of rotatable bonds is 8. The summed E-state index contributed by atoms with van der Waals surface area (Å²) in [4.78, 5) is 28.7. The molecule has 0 saturated heterocycles. The first-order chi connectivity index (χ1) is 14.4. The van der Waals surface area contributed by atoms with E-state index in [1.54, 1.807) is 37.4 Å². The van der Waals surface area contributed by atoms with Gasteiger partial charge in [-0.2, -0.15) is 0 Å². The minimum Gasteiger partial charge on any atom is -0.385 e. The molecule has 2 aromatic carbocycles. The SMILES string of the molecule is CCC(NC(=O)c1ccc2c(=O)n(CCCOC)c(=S)[nH]c2c1)c1ccc(Cl)cc1. The molecule has 1 heterocycles. The van der Waals surface area contributed by atoms with Crippen LogP contribution in [0.3, 0.4) is 0 Å². The number of carbonyl (C=O) groups is 1. The molecule has 158 valence electrons. The van der Waals surface area contributed by atoms with Crippen LogP contribution in [-0.4, -0.2) is 29.2 Å². The van der Waals surface area contributed by atoms with Crippen molar-refractivity contribution in [3.8, 4) is 0 Å². The molecule has 0 aliphatic carbocycles. The molecule has 8 heteroatoms. The molecule has 2 N–H and O–H groups in total. The smallest absolute Gasteiger partial charge is 0.262 e. The average molecular weight is 446 g/mol. The van der Waals surface area contributed by atoms with Crippen molar-refractivity contribution in [1.82, 2.24) is 14.9 Å². The Balaban J connectivity index is 1.86. The minimum atomic E-state index is -0.220. The molecule has 0 radical (unpaired) electrons. The molecule has 6 nitrogen and oxygen atoms in total. The Bertz CT molecular complexity index is 1150. The summed E-state index contributed by atoms with van der Waals surface area (Å²) in [6.45, 7) is 3.02. The first kappa shape index (κ1) is 22.2. The van der Waals surface area contributed by atoms with Crippen LogP contribution in [0.1, 0.15) is 41.7 Å². The van der Waals surface area contributed by atoms with E-state index in [0.717, 1.165) is 12.0 Å². The maximum atomic E-state index is 12.8. The van der Waals surface area contributed by atoms with Crippen LogP contribution < -0.4 is 10.9 Å². The zero-order valence-corrected chi connectivity index (χ0v) is 18.5. The molecule has 0 fully saturated rings. The van der Waals surface area contributed by atoms with E-state index in [-0.39, 0.29) is 17.5 Å². The van der Waals surface area contributed by atoms with E-state index in [4.69, 9.17) is 28.6 Å². The molecule has 3 rings (SSSR count). The average Bonchev–Trinajstić information content (AvgIpc) is 2.74. The van der Waals surface area contributed by atoms with Crippen molar-refractivity contribution in [2.45, 2.75) is 32.4 Å². The predicted octanol–water partition coefficient (Wildman–Crippen LogP) is 4.63. The second-order valence-corrected chi connectivity index (χ2v) is 7.80. The second-order valence-electron chi connectivity index (χ2n) is 6.98. The van der Waals surface area contributed by atoms with Gasteiger partial charge in [-0.25, -0.2) is 0 Å². The van der Waals surface area contributed by atoms with Gasteiger partial charge in [-0.15, -0.1) is 0 Å². The lowest BCUT2D eigenvalue weighted by Gasteiger charge is -2.18. The molecular formula is C22H24ClN3O3S. The van der Waals surface area contributed by atoms with Crippen LogP contribution in [0.5, 0.6) is 0 Å². The van der Waals surface area contributed by atoms with E-state index < -0.39 is 0 Å². The Morgan fingerprint density at radius 3 is 2.67 bits per heavy atom. The Morgan fingerprint density at radius 2 is 2.00 bits per heavy atom. The van der Waals surface area contributed by atoms with E-state index in [1.807, 2.05) is 19.1 Å². The molecule has 1 aromatic heterocycles. The lowest BCUT2D eigenvalue weighted by atomic mass is 10.0. The summed E-state index contributed by atoms with van der Waals surface area (Å²) in [6, 6.07) is 12.3. The van der Waals surface area contributed by atoms with Gasteiger partial charge in [0, 0.05) is 30.8 Å². The predicted molar refractivity (Wildman–Crippen MR) is 122 cm³/mol. The van der Waals surface area contributed by atoms with Crippen molar-refractivity contribution in [3.05, 3.63) is 73.7 Å². The standard InChI is InChI=1S/C22H24ClN3O3S/c1-3-18(14-5-8-16(23)9-6-14)24-20(27)15-7-10-17-19(13-15)25-22(30)26(21(17)28)11-4-12-29-2/h5-10,13,18H,3-4,11-12H2,1-2H3,(H,24,27)(H,25,30). The molecular weight excluding hydrogens is 422 g/mol. The van der Waals surface area contributed by atoms with E-state index in [2.05, 4.69) is 10.3 Å². The number of carbonyl (C=O) groups excluding carboxylic acids is 1. The fraction of sp³-hybridized carbons (Fsp3) is 0.318. The number of H-pyrrole nitrogens is 1. The first-order valence-electron chi connectivity index (χ1n) is 9.76. The normalized spacial score (nSPS) is 12.1. The van der Waals surface area contributed by atoms with Crippen molar-refractivity contribution in [2.75, 3.05) is 13.7 Å². The number of nitrogens with zero attached hydrogens (tertiary/aromatic N) is 1. The maximum absolute atomic E-state index is 12.8. The number of methoxy groups -OCH3 is 1. The van der Waals surface area contributed by atoms with Crippen LogP contribution in [0.2, 0.25) is 5.02 Å². The minimum absolute atomic E-state index is 0.141. The Labute approximate surface area is 184 Å².